The number of carbonyl (C=O) groups excluding carboxylic acids is 1. The molecule has 1 N–H and O–H groups in total. The third kappa shape index (κ3) is 4.67. The Balaban J connectivity index is 1.52. The van der Waals surface area contributed by atoms with Crippen LogP contribution in [0.2, 0.25) is 0 Å². The van der Waals surface area contributed by atoms with Gasteiger partial charge in [-0.1, -0.05) is 35.9 Å². The summed E-state index contributed by atoms with van der Waals surface area (Å²) in [5.41, 5.74) is 3.01. The Hall–Kier alpha value is -2.73. The van der Waals surface area contributed by atoms with Gasteiger partial charge in [-0.3, -0.25) is 19.8 Å². The van der Waals surface area contributed by atoms with Gasteiger partial charge in [-0.05, 0) is 44.5 Å². The number of carbonyl (C=O) groups is 1. The van der Waals surface area contributed by atoms with Crippen LogP contribution < -0.4 is 5.32 Å². The first kappa shape index (κ1) is 18.1. The molecule has 0 saturated carbocycles. The lowest BCUT2D eigenvalue weighted by molar-refractivity contribution is -0.384. The third-order valence-electron chi connectivity index (χ3n) is 4.77. The number of hydrogen-bond donors (Lipinski definition) is 1. The third-order valence-corrected chi connectivity index (χ3v) is 4.77. The first-order valence-electron chi connectivity index (χ1n) is 8.84. The molecular weight excluding hydrogens is 330 g/mol. The zero-order chi connectivity index (χ0) is 18.5. The molecule has 1 aliphatic heterocycles. The fraction of sp³-hybridized carbons (Fsp3) is 0.350. The summed E-state index contributed by atoms with van der Waals surface area (Å²) in [4.78, 5) is 25.2. The zero-order valence-electron chi connectivity index (χ0n) is 14.9. The van der Waals surface area contributed by atoms with E-state index >= 15 is 0 Å². The van der Waals surface area contributed by atoms with Gasteiger partial charge in [0.1, 0.15) is 0 Å². The standard InChI is InChI=1S/C20H23N3O3/c1-15-4-2-5-16(12-15)14-22-10-8-17(9-11-22)20(24)21-18-6-3-7-19(13-18)23(25)26/h2-7,12-13,17H,8-11,14H2,1H3,(H,21,24). The molecule has 136 valence electrons. The number of nitrogens with one attached hydrogen (secondary N) is 1. The molecule has 2 aromatic rings. The van der Waals surface area contributed by atoms with Crippen LogP contribution in [-0.4, -0.2) is 28.8 Å². The smallest absolute Gasteiger partial charge is 0.271 e. The van der Waals surface area contributed by atoms with Crippen LogP contribution in [0.4, 0.5) is 11.4 Å². The topological polar surface area (TPSA) is 75.5 Å². The van der Waals surface area contributed by atoms with Crippen LogP contribution >= 0.6 is 0 Å². The van der Waals surface area contributed by atoms with E-state index in [1.165, 1.54) is 23.3 Å². The van der Waals surface area contributed by atoms with Crippen LogP contribution in [-0.2, 0) is 11.3 Å². The van der Waals surface area contributed by atoms with Gasteiger partial charge in [0.25, 0.3) is 5.69 Å². The average Bonchev–Trinajstić information content (AvgIpc) is 2.62. The van der Waals surface area contributed by atoms with Crippen molar-refractivity contribution < 1.29 is 9.72 Å². The maximum absolute atomic E-state index is 12.5. The molecule has 2 aromatic carbocycles. The Bertz CT molecular complexity index is 798. The Morgan fingerprint density at radius 1 is 1.19 bits per heavy atom. The predicted octanol–water partition coefficient (Wildman–Crippen LogP) is 3.75. The van der Waals surface area contributed by atoms with Crippen LogP contribution in [0.15, 0.2) is 48.5 Å². The fourth-order valence-electron chi connectivity index (χ4n) is 3.36. The highest BCUT2D eigenvalue weighted by Crippen LogP contribution is 2.23. The fourth-order valence-corrected chi connectivity index (χ4v) is 3.36. The van der Waals surface area contributed by atoms with E-state index in [0.717, 1.165) is 32.5 Å². The highest BCUT2D eigenvalue weighted by molar-refractivity contribution is 5.92. The molecule has 1 aliphatic rings. The minimum atomic E-state index is -0.459. The van der Waals surface area contributed by atoms with E-state index in [2.05, 4.69) is 41.4 Å². The van der Waals surface area contributed by atoms with Crippen molar-refractivity contribution in [3.05, 3.63) is 69.8 Å². The second-order valence-corrected chi connectivity index (χ2v) is 6.84. The van der Waals surface area contributed by atoms with Crippen molar-refractivity contribution in [1.29, 1.82) is 0 Å². The lowest BCUT2D eigenvalue weighted by Gasteiger charge is -2.31. The van der Waals surface area contributed by atoms with Crippen LogP contribution in [0, 0.1) is 23.0 Å². The highest BCUT2D eigenvalue weighted by Gasteiger charge is 2.25. The molecule has 0 atom stereocenters. The van der Waals surface area contributed by atoms with E-state index in [1.807, 2.05) is 0 Å². The largest absolute Gasteiger partial charge is 0.326 e. The Morgan fingerprint density at radius 2 is 1.92 bits per heavy atom. The van der Waals surface area contributed by atoms with Crippen LogP contribution in [0.1, 0.15) is 24.0 Å². The quantitative estimate of drug-likeness (QED) is 0.656. The number of hydrogen-bond acceptors (Lipinski definition) is 4. The van der Waals surface area contributed by atoms with Gasteiger partial charge in [0, 0.05) is 30.3 Å². The molecule has 0 radical (unpaired) electrons. The van der Waals surface area contributed by atoms with Crippen molar-refractivity contribution >= 4 is 17.3 Å². The average molecular weight is 353 g/mol. The SMILES string of the molecule is Cc1cccc(CN2CCC(C(=O)Nc3cccc([N+](=O)[O-])c3)CC2)c1. The highest BCUT2D eigenvalue weighted by atomic mass is 16.6. The lowest BCUT2D eigenvalue weighted by atomic mass is 9.95. The first-order chi connectivity index (χ1) is 12.5. The van der Waals surface area contributed by atoms with Gasteiger partial charge in [0.2, 0.25) is 5.91 Å². The number of piperidine rings is 1. The summed E-state index contributed by atoms with van der Waals surface area (Å²) in [6.07, 6.45) is 1.60. The first-order valence-corrected chi connectivity index (χ1v) is 8.84. The second-order valence-electron chi connectivity index (χ2n) is 6.84. The number of benzene rings is 2. The molecule has 6 heteroatoms. The van der Waals surface area contributed by atoms with E-state index in [0.29, 0.717) is 5.69 Å². The van der Waals surface area contributed by atoms with E-state index in [1.54, 1.807) is 12.1 Å². The molecule has 1 amide bonds. The van der Waals surface area contributed by atoms with E-state index in [-0.39, 0.29) is 17.5 Å². The van der Waals surface area contributed by atoms with Gasteiger partial charge in [-0.15, -0.1) is 0 Å². The number of rotatable bonds is 5. The maximum Gasteiger partial charge on any atom is 0.271 e. The van der Waals surface area contributed by atoms with Crippen molar-refractivity contribution in [2.24, 2.45) is 5.92 Å². The molecular formula is C20H23N3O3. The maximum atomic E-state index is 12.5. The van der Waals surface area contributed by atoms with E-state index in [4.69, 9.17) is 0 Å². The monoisotopic (exact) mass is 353 g/mol. The van der Waals surface area contributed by atoms with E-state index < -0.39 is 4.92 Å². The number of anilines is 1. The molecule has 1 fully saturated rings. The van der Waals surface area contributed by atoms with Gasteiger partial charge >= 0.3 is 0 Å². The van der Waals surface area contributed by atoms with Crippen LogP contribution in [0.5, 0.6) is 0 Å². The van der Waals surface area contributed by atoms with Crippen molar-refractivity contribution in [2.75, 3.05) is 18.4 Å². The molecule has 1 saturated heterocycles. The zero-order valence-corrected chi connectivity index (χ0v) is 14.9. The molecule has 0 aliphatic carbocycles. The van der Waals surface area contributed by atoms with Gasteiger partial charge < -0.3 is 5.32 Å². The van der Waals surface area contributed by atoms with Gasteiger partial charge in [0.15, 0.2) is 0 Å². The summed E-state index contributed by atoms with van der Waals surface area (Å²) in [5.74, 6) is -0.108. The minimum Gasteiger partial charge on any atom is -0.326 e. The summed E-state index contributed by atoms with van der Waals surface area (Å²) in [6, 6.07) is 14.6. The normalized spacial score (nSPS) is 15.6. The number of likely N-dealkylation sites (tertiary alicyclic amines) is 1. The molecule has 0 spiro atoms. The predicted molar refractivity (Wildman–Crippen MR) is 101 cm³/mol. The van der Waals surface area contributed by atoms with Gasteiger partial charge in [-0.25, -0.2) is 0 Å². The summed E-state index contributed by atoms with van der Waals surface area (Å²) < 4.78 is 0. The number of aryl methyl sites for hydroxylation is 1. The van der Waals surface area contributed by atoms with Crippen molar-refractivity contribution in [2.45, 2.75) is 26.3 Å². The summed E-state index contributed by atoms with van der Waals surface area (Å²) in [5, 5.41) is 13.7. The number of nitro groups is 1. The van der Waals surface area contributed by atoms with Gasteiger partial charge in [0.05, 0.1) is 4.92 Å². The number of nitrogens with zero attached hydrogens (tertiary/aromatic N) is 2. The van der Waals surface area contributed by atoms with Crippen molar-refractivity contribution in [3.8, 4) is 0 Å². The Kier molecular flexibility index (Phi) is 5.63. The molecule has 1 heterocycles. The van der Waals surface area contributed by atoms with Crippen molar-refractivity contribution in [1.82, 2.24) is 4.90 Å². The molecule has 6 nitrogen and oxygen atoms in total. The molecule has 3 rings (SSSR count). The molecule has 0 aromatic heterocycles. The van der Waals surface area contributed by atoms with Gasteiger partial charge in [-0.2, -0.15) is 0 Å². The Morgan fingerprint density at radius 3 is 2.62 bits per heavy atom. The van der Waals surface area contributed by atoms with Crippen LogP contribution in [0.25, 0.3) is 0 Å². The minimum absolute atomic E-state index is 0.0178. The lowest BCUT2D eigenvalue weighted by Crippen LogP contribution is -2.37. The molecule has 0 unspecified atom stereocenters. The van der Waals surface area contributed by atoms with Crippen molar-refractivity contribution in [3.63, 3.8) is 0 Å². The molecule has 26 heavy (non-hydrogen) atoms. The number of nitro benzene ring substituents is 1. The number of amides is 1. The van der Waals surface area contributed by atoms with E-state index in [9.17, 15) is 14.9 Å². The summed E-state index contributed by atoms with van der Waals surface area (Å²) >= 11 is 0. The Labute approximate surface area is 153 Å². The summed E-state index contributed by atoms with van der Waals surface area (Å²) in [6.45, 7) is 4.75. The number of non-ortho nitro benzene ring substituents is 1. The van der Waals surface area contributed by atoms with Crippen LogP contribution in [0.3, 0.4) is 0 Å². The molecule has 0 bridgehead atoms. The second kappa shape index (κ2) is 8.10. The summed E-state index contributed by atoms with van der Waals surface area (Å²) in [7, 11) is 0.